The number of anilines is 1. The fraction of sp³-hybridized carbons (Fsp3) is 0.417. The molecule has 0 atom stereocenters. The molecule has 1 fully saturated rings. The molecule has 18 heavy (non-hydrogen) atoms. The molecule has 1 aromatic carbocycles. The summed E-state index contributed by atoms with van der Waals surface area (Å²) in [6.45, 7) is 0. The normalized spacial score (nSPS) is 16.6. The van der Waals surface area contributed by atoms with Crippen LogP contribution in [0.15, 0.2) is 12.1 Å². The van der Waals surface area contributed by atoms with Gasteiger partial charge in [0.15, 0.2) is 0 Å². The number of amides is 1. The van der Waals surface area contributed by atoms with Crippen LogP contribution in [0.3, 0.4) is 0 Å². The lowest BCUT2D eigenvalue weighted by molar-refractivity contribution is 0.0935. The standard InChI is InChI=1S/C12H14Cl2N2OS/c13-9-5-7(6-10(15)11(9)14)12(17)16-8-1-3-18-4-2-8/h5-6,8H,1-4,15H2,(H,16,17). The number of thioether (sulfide) groups is 1. The van der Waals surface area contributed by atoms with E-state index >= 15 is 0 Å². The Hall–Kier alpha value is -0.580. The number of benzene rings is 1. The topological polar surface area (TPSA) is 55.1 Å². The Balaban J connectivity index is 2.08. The molecule has 0 aromatic heterocycles. The van der Waals surface area contributed by atoms with Crippen LogP contribution in [0, 0.1) is 0 Å². The molecule has 1 aliphatic heterocycles. The zero-order chi connectivity index (χ0) is 13.1. The molecule has 2 rings (SSSR count). The summed E-state index contributed by atoms with van der Waals surface area (Å²) >= 11 is 13.7. The zero-order valence-electron chi connectivity index (χ0n) is 9.71. The van der Waals surface area contributed by atoms with Crippen molar-refractivity contribution in [3.05, 3.63) is 27.7 Å². The van der Waals surface area contributed by atoms with E-state index < -0.39 is 0 Å². The lowest BCUT2D eigenvalue weighted by Crippen LogP contribution is -2.37. The maximum absolute atomic E-state index is 12.1. The van der Waals surface area contributed by atoms with Gasteiger partial charge in [-0.3, -0.25) is 4.79 Å². The smallest absolute Gasteiger partial charge is 0.251 e. The maximum atomic E-state index is 12.1. The summed E-state index contributed by atoms with van der Waals surface area (Å²) < 4.78 is 0. The van der Waals surface area contributed by atoms with E-state index in [4.69, 9.17) is 28.9 Å². The molecule has 6 heteroatoms. The first-order valence-electron chi connectivity index (χ1n) is 5.71. The van der Waals surface area contributed by atoms with Crippen molar-refractivity contribution >= 4 is 46.6 Å². The van der Waals surface area contributed by atoms with Gasteiger partial charge >= 0.3 is 0 Å². The summed E-state index contributed by atoms with van der Waals surface area (Å²) in [6.07, 6.45) is 2.01. The molecule has 0 bridgehead atoms. The zero-order valence-corrected chi connectivity index (χ0v) is 12.0. The Kier molecular flexibility index (Phi) is 4.65. The molecule has 0 aliphatic carbocycles. The van der Waals surface area contributed by atoms with Gasteiger partial charge in [0.1, 0.15) is 0 Å². The van der Waals surface area contributed by atoms with Crippen molar-refractivity contribution in [2.75, 3.05) is 17.2 Å². The Morgan fingerprint density at radius 2 is 2.00 bits per heavy atom. The first-order chi connectivity index (χ1) is 8.58. The molecule has 1 aliphatic rings. The number of rotatable bonds is 2. The second-order valence-electron chi connectivity index (χ2n) is 4.22. The SMILES string of the molecule is Nc1cc(C(=O)NC2CCSCC2)cc(Cl)c1Cl. The van der Waals surface area contributed by atoms with Crippen LogP contribution in [-0.4, -0.2) is 23.5 Å². The molecule has 1 saturated heterocycles. The van der Waals surface area contributed by atoms with E-state index in [1.165, 1.54) is 0 Å². The van der Waals surface area contributed by atoms with E-state index in [2.05, 4.69) is 5.32 Å². The minimum atomic E-state index is -0.142. The highest BCUT2D eigenvalue weighted by Gasteiger charge is 2.18. The van der Waals surface area contributed by atoms with Crippen molar-refractivity contribution < 1.29 is 4.79 Å². The Morgan fingerprint density at radius 3 is 2.61 bits per heavy atom. The van der Waals surface area contributed by atoms with Crippen LogP contribution in [0.2, 0.25) is 10.0 Å². The third-order valence-electron chi connectivity index (χ3n) is 2.88. The second-order valence-corrected chi connectivity index (χ2v) is 6.23. The van der Waals surface area contributed by atoms with Gasteiger partial charge in [-0.1, -0.05) is 23.2 Å². The molecule has 3 nitrogen and oxygen atoms in total. The van der Waals surface area contributed by atoms with Gasteiger partial charge in [0.05, 0.1) is 15.7 Å². The molecule has 0 radical (unpaired) electrons. The highest BCUT2D eigenvalue weighted by atomic mass is 35.5. The molecule has 0 spiro atoms. The van der Waals surface area contributed by atoms with Crippen molar-refractivity contribution in [1.29, 1.82) is 0 Å². The van der Waals surface area contributed by atoms with Gasteiger partial charge < -0.3 is 11.1 Å². The summed E-state index contributed by atoms with van der Waals surface area (Å²) in [5.41, 5.74) is 6.48. The molecular formula is C12H14Cl2N2OS. The van der Waals surface area contributed by atoms with Gasteiger partial charge in [-0.05, 0) is 36.5 Å². The number of nitrogens with one attached hydrogen (secondary N) is 1. The lowest BCUT2D eigenvalue weighted by Gasteiger charge is -2.22. The van der Waals surface area contributed by atoms with Crippen molar-refractivity contribution in [1.82, 2.24) is 5.32 Å². The number of carbonyl (C=O) groups excluding carboxylic acids is 1. The fourth-order valence-corrected chi connectivity index (χ4v) is 3.29. The van der Waals surface area contributed by atoms with Crippen LogP contribution < -0.4 is 11.1 Å². The largest absolute Gasteiger partial charge is 0.397 e. The predicted octanol–water partition coefficient (Wildman–Crippen LogP) is 3.20. The third-order valence-corrected chi connectivity index (χ3v) is 4.74. The first-order valence-corrected chi connectivity index (χ1v) is 7.62. The summed E-state index contributed by atoms with van der Waals surface area (Å²) in [7, 11) is 0. The Morgan fingerprint density at radius 1 is 1.33 bits per heavy atom. The summed E-state index contributed by atoms with van der Waals surface area (Å²) in [6, 6.07) is 3.35. The minimum Gasteiger partial charge on any atom is -0.397 e. The van der Waals surface area contributed by atoms with Gasteiger partial charge in [0, 0.05) is 11.6 Å². The summed E-state index contributed by atoms with van der Waals surface area (Å²) in [5, 5.41) is 3.60. The van der Waals surface area contributed by atoms with Crippen LogP contribution in [0.5, 0.6) is 0 Å². The van der Waals surface area contributed by atoms with Gasteiger partial charge in [0.2, 0.25) is 0 Å². The quantitative estimate of drug-likeness (QED) is 0.825. The van der Waals surface area contributed by atoms with Gasteiger partial charge in [0.25, 0.3) is 5.91 Å². The molecule has 0 saturated carbocycles. The molecule has 1 heterocycles. The second kappa shape index (κ2) is 6.04. The minimum absolute atomic E-state index is 0.142. The average molecular weight is 305 g/mol. The number of hydrogen-bond acceptors (Lipinski definition) is 3. The van der Waals surface area contributed by atoms with E-state index in [1.54, 1.807) is 12.1 Å². The molecule has 1 aromatic rings. The first kappa shape index (κ1) is 13.8. The van der Waals surface area contributed by atoms with Crippen LogP contribution >= 0.6 is 35.0 Å². The molecule has 3 N–H and O–H groups in total. The van der Waals surface area contributed by atoms with E-state index in [-0.39, 0.29) is 11.9 Å². The van der Waals surface area contributed by atoms with Crippen LogP contribution in [0.1, 0.15) is 23.2 Å². The Bertz CT molecular complexity index is 438. The highest BCUT2D eigenvalue weighted by molar-refractivity contribution is 7.99. The fourth-order valence-electron chi connectivity index (χ4n) is 1.85. The van der Waals surface area contributed by atoms with Crippen LogP contribution in [0.25, 0.3) is 0 Å². The monoisotopic (exact) mass is 304 g/mol. The van der Waals surface area contributed by atoms with E-state index in [0.717, 1.165) is 24.3 Å². The van der Waals surface area contributed by atoms with Crippen molar-refractivity contribution in [3.63, 3.8) is 0 Å². The van der Waals surface area contributed by atoms with Crippen LogP contribution in [0.4, 0.5) is 5.69 Å². The lowest BCUT2D eigenvalue weighted by atomic mass is 10.1. The molecule has 98 valence electrons. The number of halogens is 2. The molecule has 0 unspecified atom stereocenters. The van der Waals surface area contributed by atoms with Gasteiger partial charge in [-0.25, -0.2) is 0 Å². The van der Waals surface area contributed by atoms with Gasteiger partial charge in [-0.15, -0.1) is 0 Å². The van der Waals surface area contributed by atoms with Crippen molar-refractivity contribution in [3.8, 4) is 0 Å². The van der Waals surface area contributed by atoms with Gasteiger partial charge in [-0.2, -0.15) is 11.8 Å². The van der Waals surface area contributed by atoms with Crippen LogP contribution in [-0.2, 0) is 0 Å². The maximum Gasteiger partial charge on any atom is 0.251 e. The van der Waals surface area contributed by atoms with E-state index in [9.17, 15) is 4.79 Å². The van der Waals surface area contributed by atoms with E-state index in [0.29, 0.717) is 21.3 Å². The molecular weight excluding hydrogens is 291 g/mol. The number of nitrogen functional groups attached to an aromatic ring is 1. The average Bonchev–Trinajstić information content (AvgIpc) is 2.36. The summed E-state index contributed by atoms with van der Waals surface area (Å²) in [5.74, 6) is 2.04. The molecule has 1 amide bonds. The summed E-state index contributed by atoms with van der Waals surface area (Å²) in [4.78, 5) is 12.1. The number of nitrogens with two attached hydrogens (primary N) is 1. The number of hydrogen-bond donors (Lipinski definition) is 2. The third kappa shape index (κ3) is 3.25. The van der Waals surface area contributed by atoms with E-state index in [1.807, 2.05) is 11.8 Å². The number of carbonyl (C=O) groups is 1. The highest BCUT2D eigenvalue weighted by Crippen LogP contribution is 2.29. The Labute approximate surface area is 120 Å². The predicted molar refractivity (Wildman–Crippen MR) is 78.7 cm³/mol. The van der Waals surface area contributed by atoms with Crippen molar-refractivity contribution in [2.24, 2.45) is 0 Å². The van der Waals surface area contributed by atoms with Crippen molar-refractivity contribution in [2.45, 2.75) is 18.9 Å².